The third-order valence-corrected chi connectivity index (χ3v) is 5.06. The van der Waals surface area contributed by atoms with Crippen molar-refractivity contribution in [1.82, 2.24) is 10.2 Å². The summed E-state index contributed by atoms with van der Waals surface area (Å²) in [4.78, 5) is 37.2. The Morgan fingerprint density at radius 2 is 1.75 bits per heavy atom. The van der Waals surface area contributed by atoms with Crippen molar-refractivity contribution in [3.8, 4) is 0 Å². The molecule has 3 aromatic rings. The maximum atomic E-state index is 13.1. The lowest BCUT2D eigenvalue weighted by atomic mass is 9.90. The van der Waals surface area contributed by atoms with Gasteiger partial charge in [-0.3, -0.25) is 19.8 Å². The zero-order chi connectivity index (χ0) is 19.9. The monoisotopic (exact) mass is 375 g/mol. The topological polar surface area (TPSA) is 92.6 Å². The fourth-order valence-corrected chi connectivity index (χ4v) is 3.49. The second-order valence-electron chi connectivity index (χ2n) is 6.94. The summed E-state index contributed by atoms with van der Waals surface area (Å²) >= 11 is 0. The Morgan fingerprint density at radius 1 is 1.00 bits per heavy atom. The van der Waals surface area contributed by atoms with Crippen molar-refractivity contribution in [1.29, 1.82) is 0 Å². The summed E-state index contributed by atoms with van der Waals surface area (Å²) in [6.07, 6.45) is 0. The number of fused-ring (bicyclic) bond motifs is 1. The van der Waals surface area contributed by atoms with Crippen molar-refractivity contribution >= 4 is 28.4 Å². The standard InChI is InChI=1S/C21H17N3O4/c1-21(17-10-9-15-6-2-3-7-16(15)12-17)19(25)23(20(26)22-21)13-14-5-4-8-18(11-14)24(27)28/h2-12H,13H2,1H3,(H,22,26). The van der Waals surface area contributed by atoms with E-state index in [0.717, 1.165) is 15.7 Å². The third kappa shape index (κ3) is 2.87. The molecule has 1 saturated heterocycles. The summed E-state index contributed by atoms with van der Waals surface area (Å²) in [6, 6.07) is 18.8. The minimum Gasteiger partial charge on any atom is -0.319 e. The first-order chi connectivity index (χ1) is 13.4. The molecule has 3 aromatic carbocycles. The number of nitrogens with one attached hydrogen (secondary N) is 1. The zero-order valence-corrected chi connectivity index (χ0v) is 15.1. The van der Waals surface area contributed by atoms with Gasteiger partial charge in [-0.05, 0) is 34.9 Å². The van der Waals surface area contributed by atoms with Gasteiger partial charge in [0, 0.05) is 12.1 Å². The number of nitrogens with zero attached hydrogens (tertiary/aromatic N) is 2. The predicted octanol–water partition coefficient (Wildman–Crippen LogP) is 3.72. The Hall–Kier alpha value is -3.74. The number of rotatable bonds is 4. The molecule has 7 heteroatoms. The van der Waals surface area contributed by atoms with Crippen LogP contribution in [0.2, 0.25) is 0 Å². The number of urea groups is 1. The van der Waals surface area contributed by atoms with Crippen molar-refractivity contribution in [3.63, 3.8) is 0 Å². The number of hydrogen-bond acceptors (Lipinski definition) is 4. The summed E-state index contributed by atoms with van der Waals surface area (Å²) in [6.45, 7) is 1.64. The highest BCUT2D eigenvalue weighted by molar-refractivity contribution is 6.07. The lowest BCUT2D eigenvalue weighted by Crippen LogP contribution is -2.40. The SMILES string of the molecule is CC1(c2ccc3ccccc3c2)NC(=O)N(Cc2cccc([N+](=O)[O-])c2)C1=O. The number of amides is 3. The molecule has 7 nitrogen and oxygen atoms in total. The van der Waals surface area contributed by atoms with Crippen LogP contribution in [0.4, 0.5) is 10.5 Å². The molecule has 140 valence electrons. The largest absolute Gasteiger partial charge is 0.325 e. The van der Waals surface area contributed by atoms with E-state index in [1.807, 2.05) is 42.5 Å². The number of carbonyl (C=O) groups excluding carboxylic acids is 2. The third-order valence-electron chi connectivity index (χ3n) is 5.06. The van der Waals surface area contributed by atoms with Crippen LogP contribution in [0.25, 0.3) is 10.8 Å². The summed E-state index contributed by atoms with van der Waals surface area (Å²) in [5.74, 6) is -0.390. The first-order valence-corrected chi connectivity index (χ1v) is 8.75. The molecule has 1 heterocycles. The Labute approximate surface area is 160 Å². The molecule has 3 amide bonds. The fourth-order valence-electron chi connectivity index (χ4n) is 3.49. The van der Waals surface area contributed by atoms with Gasteiger partial charge in [0.1, 0.15) is 5.54 Å². The smallest absolute Gasteiger partial charge is 0.319 e. The highest BCUT2D eigenvalue weighted by Crippen LogP contribution is 2.32. The molecule has 0 spiro atoms. The molecule has 1 N–H and O–H groups in total. The van der Waals surface area contributed by atoms with Gasteiger partial charge in [0.15, 0.2) is 0 Å². The highest BCUT2D eigenvalue weighted by atomic mass is 16.6. The molecule has 0 aliphatic carbocycles. The van der Waals surface area contributed by atoms with E-state index in [1.54, 1.807) is 13.0 Å². The zero-order valence-electron chi connectivity index (χ0n) is 15.1. The average molecular weight is 375 g/mol. The lowest BCUT2D eigenvalue weighted by Gasteiger charge is -2.22. The molecule has 0 radical (unpaired) electrons. The Morgan fingerprint density at radius 3 is 2.50 bits per heavy atom. The number of benzene rings is 3. The molecular formula is C21H17N3O4. The first kappa shape index (κ1) is 17.7. The van der Waals surface area contributed by atoms with Crippen LogP contribution in [0.3, 0.4) is 0 Å². The molecule has 0 bridgehead atoms. The van der Waals surface area contributed by atoms with Crippen molar-refractivity contribution in [2.75, 3.05) is 0 Å². The van der Waals surface area contributed by atoms with E-state index in [-0.39, 0.29) is 18.1 Å². The molecule has 28 heavy (non-hydrogen) atoms. The second kappa shape index (κ2) is 6.45. The molecule has 0 saturated carbocycles. The number of hydrogen-bond donors (Lipinski definition) is 1. The summed E-state index contributed by atoms with van der Waals surface area (Å²) in [5, 5.41) is 15.7. The quantitative estimate of drug-likeness (QED) is 0.427. The lowest BCUT2D eigenvalue weighted by molar-refractivity contribution is -0.384. The fraction of sp³-hybridized carbons (Fsp3) is 0.143. The van der Waals surface area contributed by atoms with Crippen molar-refractivity contribution in [3.05, 3.63) is 88.0 Å². The molecule has 1 aliphatic rings. The van der Waals surface area contributed by atoms with Gasteiger partial charge in [-0.2, -0.15) is 0 Å². The van der Waals surface area contributed by atoms with Gasteiger partial charge in [-0.1, -0.05) is 48.5 Å². The summed E-state index contributed by atoms with van der Waals surface area (Å²) in [7, 11) is 0. The Bertz CT molecular complexity index is 1130. The normalized spacial score (nSPS) is 19.1. The summed E-state index contributed by atoms with van der Waals surface area (Å²) < 4.78 is 0. The van der Waals surface area contributed by atoms with E-state index < -0.39 is 16.5 Å². The number of carbonyl (C=O) groups is 2. The predicted molar refractivity (Wildman–Crippen MR) is 103 cm³/mol. The van der Waals surface area contributed by atoms with Crippen LogP contribution < -0.4 is 5.32 Å². The van der Waals surface area contributed by atoms with Gasteiger partial charge >= 0.3 is 6.03 Å². The van der Waals surface area contributed by atoms with Crippen LogP contribution >= 0.6 is 0 Å². The highest BCUT2D eigenvalue weighted by Gasteiger charge is 2.48. The number of imide groups is 1. The minimum atomic E-state index is -1.19. The first-order valence-electron chi connectivity index (χ1n) is 8.75. The molecule has 1 fully saturated rings. The molecule has 0 aromatic heterocycles. The van der Waals surface area contributed by atoms with Gasteiger partial charge in [-0.25, -0.2) is 4.79 Å². The van der Waals surface area contributed by atoms with Crippen molar-refractivity contribution < 1.29 is 14.5 Å². The van der Waals surface area contributed by atoms with Crippen LogP contribution in [0.5, 0.6) is 0 Å². The van der Waals surface area contributed by atoms with Gasteiger partial charge < -0.3 is 5.32 Å². The van der Waals surface area contributed by atoms with E-state index in [0.29, 0.717) is 11.1 Å². The van der Waals surface area contributed by atoms with Gasteiger partial charge in [0.05, 0.1) is 11.5 Å². The van der Waals surface area contributed by atoms with Crippen LogP contribution in [0.1, 0.15) is 18.1 Å². The van der Waals surface area contributed by atoms with E-state index >= 15 is 0 Å². The second-order valence-corrected chi connectivity index (χ2v) is 6.94. The van der Waals surface area contributed by atoms with E-state index in [2.05, 4.69) is 5.32 Å². The minimum absolute atomic E-state index is 0.0322. The van der Waals surface area contributed by atoms with Crippen LogP contribution in [0.15, 0.2) is 66.7 Å². The van der Waals surface area contributed by atoms with Gasteiger partial charge in [0.25, 0.3) is 11.6 Å². The van der Waals surface area contributed by atoms with E-state index in [9.17, 15) is 19.7 Å². The van der Waals surface area contributed by atoms with Crippen molar-refractivity contribution in [2.24, 2.45) is 0 Å². The maximum Gasteiger partial charge on any atom is 0.325 e. The molecule has 1 unspecified atom stereocenters. The molecular weight excluding hydrogens is 358 g/mol. The van der Waals surface area contributed by atoms with Gasteiger partial charge in [0.2, 0.25) is 0 Å². The Balaban J connectivity index is 1.65. The molecule has 1 atom stereocenters. The number of nitro groups is 1. The van der Waals surface area contributed by atoms with E-state index in [1.165, 1.54) is 18.2 Å². The number of non-ortho nitro benzene ring substituents is 1. The van der Waals surface area contributed by atoms with Gasteiger partial charge in [-0.15, -0.1) is 0 Å². The average Bonchev–Trinajstić information content (AvgIpc) is 2.92. The molecule has 1 aliphatic heterocycles. The number of nitro benzene ring substituents is 1. The van der Waals surface area contributed by atoms with Crippen LogP contribution in [-0.2, 0) is 16.9 Å². The molecule has 4 rings (SSSR count). The summed E-state index contributed by atoms with van der Waals surface area (Å²) in [5.41, 5.74) is -0.0737. The maximum absolute atomic E-state index is 13.1. The van der Waals surface area contributed by atoms with Crippen LogP contribution in [-0.4, -0.2) is 21.8 Å². The van der Waals surface area contributed by atoms with Crippen molar-refractivity contribution in [2.45, 2.75) is 19.0 Å². The Kier molecular flexibility index (Phi) is 4.07. The van der Waals surface area contributed by atoms with Crippen LogP contribution in [0, 0.1) is 10.1 Å². The van der Waals surface area contributed by atoms with E-state index in [4.69, 9.17) is 0 Å².